The third kappa shape index (κ3) is 1.93. The van der Waals surface area contributed by atoms with Crippen LogP contribution in [-0.2, 0) is 0 Å². The van der Waals surface area contributed by atoms with Crippen LogP contribution in [0.2, 0.25) is 5.02 Å². The topological polar surface area (TPSA) is 42.2 Å². The van der Waals surface area contributed by atoms with Crippen molar-refractivity contribution < 1.29 is 9.21 Å². The van der Waals surface area contributed by atoms with Crippen LogP contribution < -0.4 is 5.32 Å². The first kappa shape index (κ1) is 11.8. The van der Waals surface area contributed by atoms with E-state index in [4.69, 9.17) is 16.0 Å². The maximum atomic E-state index is 12.3. The number of carbonyl (C=O) groups is 1. The number of rotatable bonds is 2. The van der Waals surface area contributed by atoms with E-state index in [0.29, 0.717) is 22.3 Å². The van der Waals surface area contributed by atoms with E-state index in [-0.39, 0.29) is 11.7 Å². The average molecular weight is 264 g/mol. The lowest BCUT2D eigenvalue weighted by Crippen LogP contribution is -2.20. The highest BCUT2D eigenvalue weighted by molar-refractivity contribution is 6.31. The van der Waals surface area contributed by atoms with E-state index in [2.05, 4.69) is 12.2 Å². The van der Waals surface area contributed by atoms with Crippen molar-refractivity contribution in [2.24, 2.45) is 11.8 Å². The predicted octanol–water partition coefficient (Wildman–Crippen LogP) is 3.12. The van der Waals surface area contributed by atoms with Crippen LogP contribution in [0.15, 0.2) is 28.7 Å². The second-order valence-electron chi connectivity index (χ2n) is 4.90. The van der Waals surface area contributed by atoms with Gasteiger partial charge in [-0.3, -0.25) is 4.79 Å². The SMILES string of the molecule is CC1CNCC1C(=O)c1cc2cc(Cl)ccc2o1. The van der Waals surface area contributed by atoms with Gasteiger partial charge in [0.25, 0.3) is 0 Å². The minimum absolute atomic E-state index is 0.0148. The van der Waals surface area contributed by atoms with Crippen LogP contribution >= 0.6 is 11.6 Å². The normalized spacial score (nSPS) is 23.7. The smallest absolute Gasteiger partial charge is 0.202 e. The molecule has 4 heteroatoms. The summed E-state index contributed by atoms with van der Waals surface area (Å²) >= 11 is 5.92. The van der Waals surface area contributed by atoms with Gasteiger partial charge in [-0.25, -0.2) is 0 Å². The maximum Gasteiger partial charge on any atom is 0.202 e. The Hall–Kier alpha value is -1.32. The fraction of sp³-hybridized carbons (Fsp3) is 0.357. The van der Waals surface area contributed by atoms with Crippen molar-refractivity contribution in [2.75, 3.05) is 13.1 Å². The lowest BCUT2D eigenvalue weighted by Gasteiger charge is -2.10. The Morgan fingerprint density at radius 2 is 2.22 bits per heavy atom. The molecule has 18 heavy (non-hydrogen) atoms. The van der Waals surface area contributed by atoms with Crippen molar-refractivity contribution in [1.29, 1.82) is 0 Å². The average Bonchev–Trinajstić information content (AvgIpc) is 2.93. The number of benzene rings is 1. The monoisotopic (exact) mass is 263 g/mol. The molecule has 1 fully saturated rings. The van der Waals surface area contributed by atoms with Crippen LogP contribution in [0.3, 0.4) is 0 Å². The molecule has 1 aromatic heterocycles. The van der Waals surface area contributed by atoms with E-state index in [1.807, 2.05) is 6.07 Å². The first-order valence-corrected chi connectivity index (χ1v) is 6.47. The molecule has 1 aliphatic heterocycles. The summed E-state index contributed by atoms with van der Waals surface area (Å²) in [5.41, 5.74) is 0.710. The van der Waals surface area contributed by atoms with Crippen LogP contribution in [0, 0.1) is 11.8 Å². The molecule has 2 atom stereocenters. The highest BCUT2D eigenvalue weighted by Gasteiger charge is 2.32. The summed E-state index contributed by atoms with van der Waals surface area (Å²) in [5, 5.41) is 4.76. The fourth-order valence-electron chi connectivity index (χ4n) is 2.48. The summed E-state index contributed by atoms with van der Waals surface area (Å²) in [4.78, 5) is 12.3. The molecule has 0 bridgehead atoms. The molecule has 3 rings (SSSR count). The van der Waals surface area contributed by atoms with Crippen LogP contribution in [-0.4, -0.2) is 18.9 Å². The zero-order valence-corrected chi connectivity index (χ0v) is 10.8. The lowest BCUT2D eigenvalue weighted by atomic mass is 9.92. The van der Waals surface area contributed by atoms with E-state index >= 15 is 0 Å². The number of halogens is 1. The summed E-state index contributed by atoms with van der Waals surface area (Å²) in [5.74, 6) is 0.892. The molecule has 1 saturated heterocycles. The van der Waals surface area contributed by atoms with Crippen molar-refractivity contribution >= 4 is 28.4 Å². The summed E-state index contributed by atoms with van der Waals surface area (Å²) in [7, 11) is 0. The fourth-order valence-corrected chi connectivity index (χ4v) is 2.66. The Balaban J connectivity index is 1.96. The molecule has 0 radical (unpaired) electrons. The number of fused-ring (bicyclic) bond motifs is 1. The first-order valence-electron chi connectivity index (χ1n) is 6.09. The maximum absolute atomic E-state index is 12.3. The van der Waals surface area contributed by atoms with E-state index in [1.165, 1.54) is 0 Å². The van der Waals surface area contributed by atoms with Crippen molar-refractivity contribution in [3.63, 3.8) is 0 Å². The van der Waals surface area contributed by atoms with Gasteiger partial charge in [0.05, 0.1) is 0 Å². The van der Waals surface area contributed by atoms with Crippen LogP contribution in [0.5, 0.6) is 0 Å². The molecule has 0 aliphatic carbocycles. The van der Waals surface area contributed by atoms with Gasteiger partial charge < -0.3 is 9.73 Å². The predicted molar refractivity (Wildman–Crippen MR) is 71.1 cm³/mol. The van der Waals surface area contributed by atoms with Gasteiger partial charge in [-0.1, -0.05) is 18.5 Å². The number of nitrogens with one attached hydrogen (secondary N) is 1. The highest BCUT2D eigenvalue weighted by atomic mass is 35.5. The zero-order valence-electron chi connectivity index (χ0n) is 10.1. The molecule has 1 aliphatic rings. The van der Waals surface area contributed by atoms with E-state index < -0.39 is 0 Å². The Morgan fingerprint density at radius 1 is 1.39 bits per heavy atom. The Morgan fingerprint density at radius 3 is 2.94 bits per heavy atom. The largest absolute Gasteiger partial charge is 0.453 e. The Kier molecular flexibility index (Phi) is 2.88. The number of hydrogen-bond acceptors (Lipinski definition) is 3. The molecular formula is C14H14ClNO2. The Labute approximate surface area is 110 Å². The number of Topliss-reactive ketones (excluding diaryl/α,β-unsaturated/α-hetero) is 1. The van der Waals surface area contributed by atoms with Crippen LogP contribution in [0.25, 0.3) is 11.0 Å². The molecule has 0 amide bonds. The molecule has 1 N–H and O–H groups in total. The summed E-state index contributed by atoms with van der Waals surface area (Å²) in [6, 6.07) is 7.16. The quantitative estimate of drug-likeness (QED) is 0.847. The first-order chi connectivity index (χ1) is 8.65. The minimum atomic E-state index is 0.0148. The number of ketones is 1. The standard InChI is InChI=1S/C14H14ClNO2/c1-8-6-16-7-11(8)14(17)13-5-9-4-10(15)2-3-12(9)18-13/h2-5,8,11,16H,6-7H2,1H3. The molecule has 94 valence electrons. The van der Waals surface area contributed by atoms with Gasteiger partial charge in [0.15, 0.2) is 5.76 Å². The van der Waals surface area contributed by atoms with Crippen molar-refractivity contribution in [2.45, 2.75) is 6.92 Å². The number of furan rings is 1. The molecule has 2 aromatic rings. The van der Waals surface area contributed by atoms with Gasteiger partial charge in [0.1, 0.15) is 5.58 Å². The van der Waals surface area contributed by atoms with Gasteiger partial charge in [0.2, 0.25) is 5.78 Å². The minimum Gasteiger partial charge on any atom is -0.453 e. The van der Waals surface area contributed by atoms with E-state index in [1.54, 1.807) is 18.2 Å². The molecule has 0 saturated carbocycles. The van der Waals surface area contributed by atoms with Crippen LogP contribution in [0.4, 0.5) is 0 Å². The van der Waals surface area contributed by atoms with Gasteiger partial charge in [-0.05, 0) is 36.7 Å². The molecular weight excluding hydrogens is 250 g/mol. The zero-order chi connectivity index (χ0) is 12.7. The lowest BCUT2D eigenvalue weighted by molar-refractivity contribution is 0.0881. The third-order valence-electron chi connectivity index (χ3n) is 3.58. The van der Waals surface area contributed by atoms with Crippen molar-refractivity contribution in [1.82, 2.24) is 5.32 Å². The molecule has 3 nitrogen and oxygen atoms in total. The Bertz CT molecular complexity index is 605. The van der Waals surface area contributed by atoms with Crippen LogP contribution in [0.1, 0.15) is 17.5 Å². The van der Waals surface area contributed by atoms with Gasteiger partial charge in [-0.15, -0.1) is 0 Å². The second-order valence-corrected chi connectivity index (χ2v) is 5.34. The van der Waals surface area contributed by atoms with Crippen molar-refractivity contribution in [3.05, 3.63) is 35.0 Å². The van der Waals surface area contributed by atoms with Gasteiger partial charge in [0, 0.05) is 22.9 Å². The summed E-state index contributed by atoms with van der Waals surface area (Å²) in [6.45, 7) is 3.71. The number of carbonyl (C=O) groups excluding carboxylic acids is 1. The summed E-state index contributed by atoms with van der Waals surface area (Å²) in [6.07, 6.45) is 0. The molecule has 2 unspecified atom stereocenters. The van der Waals surface area contributed by atoms with E-state index in [0.717, 1.165) is 18.5 Å². The van der Waals surface area contributed by atoms with E-state index in [9.17, 15) is 4.79 Å². The summed E-state index contributed by atoms with van der Waals surface area (Å²) < 4.78 is 5.61. The van der Waals surface area contributed by atoms with Gasteiger partial charge >= 0.3 is 0 Å². The molecule has 0 spiro atoms. The van der Waals surface area contributed by atoms with Crippen molar-refractivity contribution in [3.8, 4) is 0 Å². The highest BCUT2D eigenvalue weighted by Crippen LogP contribution is 2.27. The molecule has 1 aromatic carbocycles. The number of hydrogen-bond donors (Lipinski definition) is 1. The van der Waals surface area contributed by atoms with Gasteiger partial charge in [-0.2, -0.15) is 0 Å². The second kappa shape index (κ2) is 4.41. The molecule has 2 heterocycles. The third-order valence-corrected chi connectivity index (χ3v) is 3.81.